The summed E-state index contributed by atoms with van der Waals surface area (Å²) in [5.74, 6) is 1.39. The summed E-state index contributed by atoms with van der Waals surface area (Å²) in [6, 6.07) is 2.12. The second-order valence-corrected chi connectivity index (χ2v) is 9.31. The van der Waals surface area contributed by atoms with E-state index < -0.39 is 0 Å². The molecule has 0 aromatic heterocycles. The molecule has 0 radical (unpaired) electrons. The quantitative estimate of drug-likeness (QED) is 0.180. The van der Waals surface area contributed by atoms with E-state index in [0.29, 0.717) is 23.2 Å². The molecule has 0 bridgehead atoms. The maximum Gasteiger partial charge on any atom is 0.329 e. The number of hydrogen-bond donors (Lipinski definition) is 3. The van der Waals surface area contributed by atoms with E-state index in [1.165, 1.54) is 34.9 Å². The van der Waals surface area contributed by atoms with E-state index in [1.54, 1.807) is 0 Å². The molecule has 0 heterocycles. The van der Waals surface area contributed by atoms with Gasteiger partial charge in [-0.05, 0) is 98.4 Å². The maximum absolute atomic E-state index is 12.6. The van der Waals surface area contributed by atoms with Gasteiger partial charge >= 0.3 is 6.03 Å². The molecule has 3 N–H and O–H groups in total. The molecule has 1 aromatic carbocycles. The first-order valence-corrected chi connectivity index (χ1v) is 12.1. The zero-order valence-corrected chi connectivity index (χ0v) is 19.3. The molecule has 3 rings (SSSR count). The Morgan fingerprint density at radius 2 is 1.90 bits per heavy atom. The van der Waals surface area contributed by atoms with E-state index in [-0.39, 0.29) is 6.03 Å². The van der Waals surface area contributed by atoms with E-state index in [1.807, 2.05) is 6.92 Å². The lowest BCUT2D eigenvalue weighted by molar-refractivity contribution is 0.202. The Labute approximate surface area is 185 Å². The average molecular weight is 430 g/mol. The molecule has 5 nitrogen and oxygen atoms in total. The van der Waals surface area contributed by atoms with Gasteiger partial charge in [0.1, 0.15) is 5.76 Å². The molecule has 6 heteroatoms. The fraction of sp³-hybridized carbons (Fsp3) is 0.583. The van der Waals surface area contributed by atoms with Gasteiger partial charge in [0, 0.05) is 11.9 Å². The summed E-state index contributed by atoms with van der Waals surface area (Å²) in [5.41, 5.74) is 6.48. The number of carbonyl (C=O) groups excluding carboxylic acids is 1. The molecule has 2 aliphatic rings. The Kier molecular flexibility index (Phi) is 8.25. The Hall–Kier alpha value is -1.95. The first-order valence-electron chi connectivity index (χ1n) is 11.3. The highest BCUT2D eigenvalue weighted by Gasteiger charge is 2.25. The molecule has 30 heavy (non-hydrogen) atoms. The number of carbonyl (C=O) groups is 1. The van der Waals surface area contributed by atoms with Crippen LogP contribution in [0.4, 0.5) is 10.5 Å². The molecule has 0 saturated carbocycles. The molecule has 0 unspecified atom stereocenters. The van der Waals surface area contributed by atoms with Gasteiger partial charge in [-0.3, -0.25) is 4.72 Å². The lowest BCUT2D eigenvalue weighted by Crippen LogP contribution is -2.24. The minimum atomic E-state index is -0.238. The third-order valence-corrected chi connectivity index (χ3v) is 7.21. The Morgan fingerprint density at radius 3 is 2.50 bits per heavy atom. The number of fused-ring (bicyclic) bond motifs is 2. The van der Waals surface area contributed by atoms with Crippen LogP contribution in [0.1, 0.15) is 75.1 Å². The van der Waals surface area contributed by atoms with E-state index in [0.717, 1.165) is 69.0 Å². The smallest absolute Gasteiger partial charge is 0.329 e. The van der Waals surface area contributed by atoms with Crippen molar-refractivity contribution >= 4 is 29.9 Å². The van der Waals surface area contributed by atoms with Gasteiger partial charge in [0.15, 0.2) is 0 Å². The highest BCUT2D eigenvalue weighted by atomic mass is 32.2. The van der Waals surface area contributed by atoms with E-state index in [4.69, 9.17) is 10.1 Å². The number of aryl methyl sites for hydroxylation is 2. The van der Waals surface area contributed by atoms with Crippen LogP contribution in [0.3, 0.4) is 0 Å². The number of rotatable bonds is 10. The molecule has 0 aliphatic heterocycles. The van der Waals surface area contributed by atoms with Crippen LogP contribution < -0.4 is 10.0 Å². The molecule has 0 fully saturated rings. The summed E-state index contributed by atoms with van der Waals surface area (Å²) in [7, 11) is 0. The van der Waals surface area contributed by atoms with Gasteiger partial charge in [-0.15, -0.1) is 0 Å². The fourth-order valence-corrected chi connectivity index (χ4v) is 4.86. The maximum atomic E-state index is 12.6. The number of allylic oxidation sites excluding steroid dienone is 2. The van der Waals surface area contributed by atoms with Gasteiger partial charge in [-0.1, -0.05) is 26.3 Å². The summed E-state index contributed by atoms with van der Waals surface area (Å²) in [5, 5.41) is 10.8. The normalized spacial score (nSPS) is 16.4. The summed E-state index contributed by atoms with van der Waals surface area (Å²) < 4.78 is 8.64. The number of ether oxygens (including phenoxy) is 1. The van der Waals surface area contributed by atoms with Crippen molar-refractivity contribution in [2.24, 2.45) is 5.92 Å². The van der Waals surface area contributed by atoms with Gasteiger partial charge in [0.25, 0.3) is 0 Å². The fourth-order valence-electron chi connectivity index (χ4n) is 4.34. The van der Waals surface area contributed by atoms with Crippen molar-refractivity contribution in [3.05, 3.63) is 39.0 Å². The van der Waals surface area contributed by atoms with Crippen LogP contribution in [0.15, 0.2) is 16.7 Å². The molecule has 2 aliphatic carbocycles. The van der Waals surface area contributed by atoms with Crippen molar-refractivity contribution < 1.29 is 9.53 Å². The van der Waals surface area contributed by atoms with Crippen molar-refractivity contribution in [3.63, 3.8) is 0 Å². The number of anilines is 1. The van der Waals surface area contributed by atoms with Gasteiger partial charge < -0.3 is 15.5 Å². The predicted molar refractivity (Wildman–Crippen MR) is 126 cm³/mol. The number of nitrogens with one attached hydrogen (secondary N) is 3. The zero-order chi connectivity index (χ0) is 21.5. The molecular weight excluding hydrogens is 394 g/mol. The second-order valence-electron chi connectivity index (χ2n) is 8.46. The highest BCUT2D eigenvalue weighted by Crippen LogP contribution is 2.38. The van der Waals surface area contributed by atoms with E-state index >= 15 is 0 Å². The summed E-state index contributed by atoms with van der Waals surface area (Å²) in [6.07, 6.45) is 11.2. The number of benzene rings is 1. The van der Waals surface area contributed by atoms with E-state index in [2.05, 4.69) is 30.0 Å². The molecule has 2 amide bonds. The Balaban J connectivity index is 1.56. The minimum absolute atomic E-state index is 0.238. The molecule has 164 valence electrons. The average Bonchev–Trinajstić information content (AvgIpc) is 3.40. The van der Waals surface area contributed by atoms with Crippen LogP contribution in [-0.2, 0) is 30.4 Å². The minimum Gasteiger partial charge on any atom is -0.497 e. The third-order valence-electron chi connectivity index (χ3n) is 6.30. The lowest BCUT2D eigenvalue weighted by atomic mass is 9.99. The van der Waals surface area contributed by atoms with Gasteiger partial charge in [0.2, 0.25) is 0 Å². The van der Waals surface area contributed by atoms with Crippen LogP contribution in [0.5, 0.6) is 0 Å². The predicted octanol–water partition coefficient (Wildman–Crippen LogP) is 6.16. The van der Waals surface area contributed by atoms with Crippen molar-refractivity contribution in [2.45, 2.75) is 78.6 Å². The molecular formula is C24H35N3O2S. The largest absolute Gasteiger partial charge is 0.497 e. The standard InChI is InChI=1S/C24H35N3O2S/c1-4-16(2)8-7-13-29-17(3)22(15-25)30-27-24(28)26-23-20-11-5-9-18(20)14-19-10-6-12-21(19)23/h14-16,25H,4-13H2,1-3H3,(H2,26,27,28)/b22-17-,25-15?/t16-/m1/s1. The first kappa shape index (κ1) is 22.7. The number of urea groups is 1. The van der Waals surface area contributed by atoms with Crippen molar-refractivity contribution in [2.75, 3.05) is 11.9 Å². The van der Waals surface area contributed by atoms with Crippen molar-refractivity contribution in [1.82, 2.24) is 4.72 Å². The van der Waals surface area contributed by atoms with Crippen LogP contribution in [-0.4, -0.2) is 18.9 Å². The number of amides is 2. The highest BCUT2D eigenvalue weighted by molar-refractivity contribution is 8.02. The van der Waals surface area contributed by atoms with E-state index in [9.17, 15) is 4.79 Å². The monoisotopic (exact) mass is 429 g/mol. The summed E-state index contributed by atoms with van der Waals surface area (Å²) in [4.78, 5) is 13.3. The van der Waals surface area contributed by atoms with Crippen molar-refractivity contribution in [3.8, 4) is 0 Å². The number of hydrogen-bond acceptors (Lipinski definition) is 4. The van der Waals surface area contributed by atoms with Crippen molar-refractivity contribution in [1.29, 1.82) is 5.41 Å². The Bertz CT molecular complexity index is 787. The first-order chi connectivity index (χ1) is 14.5. The van der Waals surface area contributed by atoms with Gasteiger partial charge in [0.05, 0.1) is 11.5 Å². The molecule has 0 spiro atoms. The lowest BCUT2D eigenvalue weighted by Gasteiger charge is -2.16. The summed E-state index contributed by atoms with van der Waals surface area (Å²) >= 11 is 1.14. The Morgan fingerprint density at radius 1 is 1.23 bits per heavy atom. The second kappa shape index (κ2) is 10.9. The summed E-state index contributed by atoms with van der Waals surface area (Å²) in [6.45, 7) is 6.95. The van der Waals surface area contributed by atoms with Crippen LogP contribution in [0.2, 0.25) is 0 Å². The van der Waals surface area contributed by atoms with Crippen LogP contribution >= 0.6 is 11.9 Å². The molecule has 1 atom stereocenters. The molecule has 1 aromatic rings. The zero-order valence-electron chi connectivity index (χ0n) is 18.5. The SMILES string of the molecule is CC[C@@H](C)CCCO/C(C)=C(/C=N)SNC(=O)Nc1c2c(cc3c1CCC3)CCC2. The van der Waals surface area contributed by atoms with Gasteiger partial charge in [-0.2, -0.15) is 0 Å². The third kappa shape index (κ3) is 5.60. The van der Waals surface area contributed by atoms with Crippen LogP contribution in [0.25, 0.3) is 0 Å². The topological polar surface area (TPSA) is 74.2 Å². The van der Waals surface area contributed by atoms with Crippen LogP contribution in [0, 0.1) is 11.3 Å². The molecule has 0 saturated heterocycles. The van der Waals surface area contributed by atoms with Gasteiger partial charge in [-0.25, -0.2) is 4.79 Å².